The summed E-state index contributed by atoms with van der Waals surface area (Å²) in [5, 5.41) is 5.57. The van der Waals surface area contributed by atoms with E-state index in [1.165, 1.54) is 4.90 Å². The Kier molecular flexibility index (Phi) is 5.82. The molecule has 1 spiro atoms. The van der Waals surface area contributed by atoms with E-state index in [1.54, 1.807) is 12.1 Å². The molecule has 1 atom stereocenters. The first-order chi connectivity index (χ1) is 16.0. The summed E-state index contributed by atoms with van der Waals surface area (Å²) < 4.78 is 5.52. The molecule has 9 heteroatoms. The summed E-state index contributed by atoms with van der Waals surface area (Å²) in [6.07, 6.45) is 4.73. The standard InChI is InChI=1S/C24H30N4O5/c29-20-6-5-19(22(31)26-20)28-14-17-16(23(28)32)3-1-4-18(17)25-13-21(30)27-10-2-7-24(15-27)8-11-33-12-9-24/h1,3-4,19,25H,2,5-15H2,(H,26,29,31). The second-order valence-corrected chi connectivity index (χ2v) is 9.62. The molecule has 0 saturated carbocycles. The number of ether oxygens (including phenoxy) is 1. The zero-order valence-corrected chi connectivity index (χ0v) is 18.7. The van der Waals surface area contributed by atoms with Gasteiger partial charge in [-0.25, -0.2) is 0 Å². The van der Waals surface area contributed by atoms with Crippen molar-refractivity contribution in [3.05, 3.63) is 29.3 Å². The molecule has 9 nitrogen and oxygen atoms in total. The first-order valence-corrected chi connectivity index (χ1v) is 11.8. The van der Waals surface area contributed by atoms with Crippen LogP contribution >= 0.6 is 0 Å². The molecule has 0 aromatic heterocycles. The number of nitrogens with one attached hydrogen (secondary N) is 2. The van der Waals surface area contributed by atoms with Crippen LogP contribution < -0.4 is 10.6 Å². The number of amides is 4. The first kappa shape index (κ1) is 21.9. The Bertz CT molecular complexity index is 982. The summed E-state index contributed by atoms with van der Waals surface area (Å²) in [7, 11) is 0. The molecule has 5 rings (SSSR count). The van der Waals surface area contributed by atoms with Crippen molar-refractivity contribution in [3.63, 3.8) is 0 Å². The SMILES string of the molecule is O=C1CCC(N2Cc3c(NCC(=O)N4CCCC5(CCOCC5)C4)cccc3C2=O)C(=O)N1. The topological polar surface area (TPSA) is 108 Å². The van der Waals surface area contributed by atoms with Crippen molar-refractivity contribution in [2.24, 2.45) is 5.41 Å². The number of anilines is 1. The first-order valence-electron chi connectivity index (χ1n) is 11.8. The minimum Gasteiger partial charge on any atom is -0.381 e. The third kappa shape index (κ3) is 4.21. The van der Waals surface area contributed by atoms with Gasteiger partial charge in [0, 0.05) is 56.1 Å². The third-order valence-electron chi connectivity index (χ3n) is 7.58. The Balaban J connectivity index is 1.24. The Morgan fingerprint density at radius 2 is 2.00 bits per heavy atom. The fraction of sp³-hybridized carbons (Fsp3) is 0.583. The predicted molar refractivity (Wildman–Crippen MR) is 119 cm³/mol. The molecule has 0 radical (unpaired) electrons. The van der Waals surface area contributed by atoms with Crippen molar-refractivity contribution in [3.8, 4) is 0 Å². The van der Waals surface area contributed by atoms with Crippen molar-refractivity contribution in [1.29, 1.82) is 0 Å². The number of imide groups is 1. The lowest BCUT2D eigenvalue weighted by Crippen LogP contribution is -2.52. The highest BCUT2D eigenvalue weighted by molar-refractivity contribution is 6.06. The van der Waals surface area contributed by atoms with Crippen molar-refractivity contribution >= 4 is 29.3 Å². The van der Waals surface area contributed by atoms with Gasteiger partial charge in [-0.2, -0.15) is 0 Å². The molecule has 1 unspecified atom stereocenters. The Morgan fingerprint density at radius 1 is 1.18 bits per heavy atom. The molecule has 4 aliphatic rings. The van der Waals surface area contributed by atoms with Crippen molar-refractivity contribution in [2.45, 2.75) is 51.1 Å². The minimum absolute atomic E-state index is 0.0597. The molecule has 1 aromatic carbocycles. The lowest BCUT2D eigenvalue weighted by Gasteiger charge is -2.45. The highest BCUT2D eigenvalue weighted by atomic mass is 16.5. The van der Waals surface area contributed by atoms with Gasteiger partial charge in [0.2, 0.25) is 17.7 Å². The summed E-state index contributed by atoms with van der Waals surface area (Å²) in [5.41, 5.74) is 2.26. The van der Waals surface area contributed by atoms with Crippen LogP contribution in [0.3, 0.4) is 0 Å². The van der Waals surface area contributed by atoms with E-state index in [0.29, 0.717) is 12.0 Å². The molecule has 0 aliphatic carbocycles. The molecule has 4 aliphatic heterocycles. The van der Waals surface area contributed by atoms with Crippen molar-refractivity contribution in [1.82, 2.24) is 15.1 Å². The van der Waals surface area contributed by atoms with Crippen molar-refractivity contribution < 1.29 is 23.9 Å². The molecule has 176 valence electrons. The van der Waals surface area contributed by atoms with Gasteiger partial charge in [-0.3, -0.25) is 24.5 Å². The van der Waals surface area contributed by atoms with E-state index in [1.807, 2.05) is 11.0 Å². The van der Waals surface area contributed by atoms with Crippen LogP contribution in [0.4, 0.5) is 5.69 Å². The van der Waals surface area contributed by atoms with E-state index in [9.17, 15) is 19.2 Å². The zero-order valence-electron chi connectivity index (χ0n) is 18.7. The van der Waals surface area contributed by atoms with E-state index in [-0.39, 0.29) is 42.6 Å². The van der Waals surface area contributed by atoms with Gasteiger partial charge in [-0.05, 0) is 49.7 Å². The second-order valence-electron chi connectivity index (χ2n) is 9.62. The van der Waals surface area contributed by atoms with Gasteiger partial charge < -0.3 is 19.9 Å². The van der Waals surface area contributed by atoms with Crippen LogP contribution in [-0.4, -0.2) is 72.3 Å². The highest BCUT2D eigenvalue weighted by Gasteiger charge is 2.40. The Morgan fingerprint density at radius 3 is 2.79 bits per heavy atom. The molecule has 3 fully saturated rings. The van der Waals surface area contributed by atoms with Gasteiger partial charge in [-0.1, -0.05) is 6.07 Å². The molecule has 4 heterocycles. The van der Waals surface area contributed by atoms with E-state index < -0.39 is 11.9 Å². The fourth-order valence-electron chi connectivity index (χ4n) is 5.67. The highest BCUT2D eigenvalue weighted by Crippen LogP contribution is 2.39. The lowest BCUT2D eigenvalue weighted by atomic mass is 9.74. The van der Waals surface area contributed by atoms with Gasteiger partial charge in [0.05, 0.1) is 6.54 Å². The monoisotopic (exact) mass is 454 g/mol. The van der Waals surface area contributed by atoms with Crippen LogP contribution in [-0.2, 0) is 25.7 Å². The smallest absolute Gasteiger partial charge is 0.255 e. The fourth-order valence-corrected chi connectivity index (χ4v) is 5.67. The summed E-state index contributed by atoms with van der Waals surface area (Å²) >= 11 is 0. The number of carbonyl (C=O) groups excluding carboxylic acids is 4. The summed E-state index contributed by atoms with van der Waals surface area (Å²) in [4.78, 5) is 53.3. The minimum atomic E-state index is -0.652. The maximum atomic E-state index is 13.0. The average Bonchev–Trinajstić information content (AvgIpc) is 3.15. The number of hydrogen-bond donors (Lipinski definition) is 2. The third-order valence-corrected chi connectivity index (χ3v) is 7.58. The lowest BCUT2D eigenvalue weighted by molar-refractivity contribution is -0.137. The average molecular weight is 455 g/mol. The van der Waals surface area contributed by atoms with E-state index in [2.05, 4.69) is 10.6 Å². The van der Waals surface area contributed by atoms with Gasteiger partial charge in [0.25, 0.3) is 5.91 Å². The summed E-state index contributed by atoms with van der Waals surface area (Å²) in [6, 6.07) is 4.75. The number of rotatable bonds is 4. The van der Waals surface area contributed by atoms with E-state index >= 15 is 0 Å². The predicted octanol–water partition coefficient (Wildman–Crippen LogP) is 1.28. The normalized spacial score (nSPS) is 24.6. The maximum Gasteiger partial charge on any atom is 0.255 e. The number of carbonyl (C=O) groups is 4. The molecule has 33 heavy (non-hydrogen) atoms. The maximum absolute atomic E-state index is 13.0. The molecule has 3 saturated heterocycles. The van der Waals surface area contributed by atoms with Crippen LogP contribution in [0.25, 0.3) is 0 Å². The van der Waals surface area contributed by atoms with Crippen LogP contribution in [0.1, 0.15) is 54.4 Å². The van der Waals surface area contributed by atoms with Crippen LogP contribution in [0.2, 0.25) is 0 Å². The molecule has 2 N–H and O–H groups in total. The second kappa shape index (κ2) is 8.78. The number of nitrogens with zero attached hydrogens (tertiary/aromatic N) is 2. The molecule has 1 aromatic rings. The quantitative estimate of drug-likeness (QED) is 0.664. The number of fused-ring (bicyclic) bond motifs is 1. The number of hydrogen-bond acceptors (Lipinski definition) is 6. The largest absolute Gasteiger partial charge is 0.381 e. The molecular weight excluding hydrogens is 424 g/mol. The van der Waals surface area contributed by atoms with Crippen molar-refractivity contribution in [2.75, 3.05) is 38.2 Å². The van der Waals surface area contributed by atoms with Crippen LogP contribution in [0.15, 0.2) is 18.2 Å². The molecular formula is C24H30N4O5. The van der Waals surface area contributed by atoms with E-state index in [4.69, 9.17) is 4.74 Å². The Labute approximate surface area is 192 Å². The van der Waals surface area contributed by atoms with Gasteiger partial charge >= 0.3 is 0 Å². The number of likely N-dealkylation sites (tertiary alicyclic amines) is 1. The van der Waals surface area contributed by atoms with Crippen LogP contribution in [0.5, 0.6) is 0 Å². The van der Waals surface area contributed by atoms with Gasteiger partial charge in [0.15, 0.2) is 0 Å². The van der Waals surface area contributed by atoms with E-state index in [0.717, 1.165) is 63.2 Å². The Hall–Kier alpha value is -2.94. The number of piperidine rings is 2. The van der Waals surface area contributed by atoms with Gasteiger partial charge in [-0.15, -0.1) is 0 Å². The molecule has 0 bridgehead atoms. The summed E-state index contributed by atoms with van der Waals surface area (Å²) in [5.74, 6) is -0.887. The summed E-state index contributed by atoms with van der Waals surface area (Å²) in [6.45, 7) is 3.55. The molecule has 4 amide bonds. The zero-order chi connectivity index (χ0) is 23.0. The number of benzene rings is 1. The van der Waals surface area contributed by atoms with Crippen LogP contribution in [0, 0.1) is 5.41 Å². The van der Waals surface area contributed by atoms with Gasteiger partial charge in [0.1, 0.15) is 6.04 Å².